The van der Waals surface area contributed by atoms with E-state index in [-0.39, 0.29) is 23.0 Å². The molecular formula is C22H47N3O2. The van der Waals surface area contributed by atoms with E-state index in [9.17, 15) is 4.79 Å². The first kappa shape index (κ1) is 26.4. The topological polar surface area (TPSA) is 44.8 Å². The summed E-state index contributed by atoms with van der Waals surface area (Å²) in [6, 6.07) is 0.347. The molecule has 1 rings (SSSR count). The molecule has 1 saturated heterocycles. The van der Waals surface area contributed by atoms with E-state index in [2.05, 4.69) is 65.6 Å². The number of nitrogens with zero attached hydrogens (tertiary/aromatic N) is 2. The van der Waals surface area contributed by atoms with Gasteiger partial charge in [-0.25, -0.2) is 0 Å². The Morgan fingerprint density at radius 3 is 1.96 bits per heavy atom. The van der Waals surface area contributed by atoms with Gasteiger partial charge in [-0.1, -0.05) is 41.5 Å². The van der Waals surface area contributed by atoms with Gasteiger partial charge in [-0.3, -0.25) is 9.69 Å². The molecule has 1 amide bonds. The van der Waals surface area contributed by atoms with Crippen molar-refractivity contribution < 1.29 is 9.53 Å². The Morgan fingerprint density at radius 2 is 1.52 bits per heavy atom. The minimum Gasteiger partial charge on any atom is -0.378 e. The molecule has 162 valence electrons. The maximum absolute atomic E-state index is 12.3. The lowest BCUT2D eigenvalue weighted by atomic mass is 9.79. The highest BCUT2D eigenvalue weighted by atomic mass is 16.5. The first-order valence-corrected chi connectivity index (χ1v) is 10.8. The molecule has 0 aromatic carbocycles. The quantitative estimate of drug-likeness (QED) is 0.656. The van der Waals surface area contributed by atoms with E-state index >= 15 is 0 Å². The summed E-state index contributed by atoms with van der Waals surface area (Å²) in [6.07, 6.45) is 1.35. The Labute approximate surface area is 169 Å². The molecule has 0 spiro atoms. The third-order valence-electron chi connectivity index (χ3n) is 4.87. The van der Waals surface area contributed by atoms with Gasteiger partial charge >= 0.3 is 0 Å². The van der Waals surface area contributed by atoms with Gasteiger partial charge in [0.1, 0.15) is 0 Å². The van der Waals surface area contributed by atoms with Crippen molar-refractivity contribution in [2.24, 2.45) is 5.41 Å². The standard InChI is InChI=1S/C20H41N3O2.C2H6/c1-16(2)21-13-18(24)22-9-11-23(12-10-22)20(7,8)14-19(5,6)15-25-17(3)4;1-2/h16-17,21H,9-15H2,1-8H3;1-2H3. The van der Waals surface area contributed by atoms with E-state index in [1.807, 2.05) is 18.7 Å². The zero-order chi connectivity index (χ0) is 21.3. The molecule has 5 nitrogen and oxygen atoms in total. The average molecular weight is 386 g/mol. The van der Waals surface area contributed by atoms with E-state index in [0.717, 1.165) is 39.2 Å². The third-order valence-corrected chi connectivity index (χ3v) is 4.87. The number of hydrogen-bond donors (Lipinski definition) is 1. The Kier molecular flexibility index (Phi) is 11.7. The van der Waals surface area contributed by atoms with Crippen LogP contribution in [0, 0.1) is 5.41 Å². The van der Waals surface area contributed by atoms with Crippen molar-refractivity contribution in [2.45, 2.75) is 93.3 Å². The van der Waals surface area contributed by atoms with Gasteiger partial charge < -0.3 is 15.0 Å². The van der Waals surface area contributed by atoms with Gasteiger partial charge in [-0.15, -0.1) is 0 Å². The summed E-state index contributed by atoms with van der Waals surface area (Å²) in [5.41, 5.74) is 0.247. The van der Waals surface area contributed by atoms with Crippen molar-refractivity contribution in [3.8, 4) is 0 Å². The van der Waals surface area contributed by atoms with Crippen LogP contribution in [0.1, 0.15) is 75.7 Å². The summed E-state index contributed by atoms with van der Waals surface area (Å²) in [7, 11) is 0. The zero-order valence-electron chi connectivity index (χ0n) is 19.8. The van der Waals surface area contributed by atoms with Gasteiger partial charge in [-0.2, -0.15) is 0 Å². The average Bonchev–Trinajstić information content (AvgIpc) is 2.59. The zero-order valence-corrected chi connectivity index (χ0v) is 19.8. The second kappa shape index (κ2) is 12.0. The number of carbonyl (C=O) groups excluding carboxylic acids is 1. The van der Waals surface area contributed by atoms with Crippen molar-refractivity contribution in [3.63, 3.8) is 0 Å². The van der Waals surface area contributed by atoms with E-state index in [1.165, 1.54) is 0 Å². The molecule has 0 aliphatic carbocycles. The molecule has 0 aromatic heterocycles. The lowest BCUT2D eigenvalue weighted by Gasteiger charge is -2.47. The highest BCUT2D eigenvalue weighted by Gasteiger charge is 2.36. The highest BCUT2D eigenvalue weighted by molar-refractivity contribution is 5.78. The maximum atomic E-state index is 12.3. The van der Waals surface area contributed by atoms with E-state index in [0.29, 0.717) is 12.6 Å². The number of ether oxygens (including phenoxy) is 1. The Hall–Kier alpha value is -0.650. The van der Waals surface area contributed by atoms with Gasteiger partial charge in [0.25, 0.3) is 0 Å². The molecular weight excluding hydrogens is 338 g/mol. The molecule has 1 N–H and O–H groups in total. The van der Waals surface area contributed by atoms with E-state index < -0.39 is 0 Å². The summed E-state index contributed by atoms with van der Waals surface area (Å²) in [5.74, 6) is 0.219. The van der Waals surface area contributed by atoms with E-state index in [1.54, 1.807) is 0 Å². The number of piperazine rings is 1. The van der Waals surface area contributed by atoms with Gasteiger partial charge in [0.05, 0.1) is 19.3 Å². The first-order valence-electron chi connectivity index (χ1n) is 10.8. The van der Waals surface area contributed by atoms with Gasteiger partial charge in [0.2, 0.25) is 5.91 Å². The fourth-order valence-corrected chi connectivity index (χ4v) is 3.69. The number of hydrogen-bond acceptors (Lipinski definition) is 4. The smallest absolute Gasteiger partial charge is 0.236 e. The summed E-state index contributed by atoms with van der Waals surface area (Å²) in [5, 5.41) is 3.22. The molecule has 0 saturated carbocycles. The third kappa shape index (κ3) is 10.5. The van der Waals surface area contributed by atoms with Crippen molar-refractivity contribution in [1.29, 1.82) is 0 Å². The van der Waals surface area contributed by atoms with Crippen LogP contribution in [-0.2, 0) is 9.53 Å². The van der Waals surface area contributed by atoms with E-state index in [4.69, 9.17) is 4.74 Å². The predicted molar refractivity (Wildman–Crippen MR) is 116 cm³/mol. The van der Waals surface area contributed by atoms with Crippen LogP contribution in [0.2, 0.25) is 0 Å². The fraction of sp³-hybridized carbons (Fsp3) is 0.955. The number of carbonyl (C=O) groups is 1. The molecule has 0 atom stereocenters. The molecule has 0 unspecified atom stereocenters. The first-order chi connectivity index (χ1) is 12.4. The van der Waals surface area contributed by atoms with Gasteiger partial charge in [-0.05, 0) is 39.5 Å². The van der Waals surface area contributed by atoms with Crippen molar-refractivity contribution in [1.82, 2.24) is 15.1 Å². The van der Waals surface area contributed by atoms with Crippen LogP contribution in [0.25, 0.3) is 0 Å². The molecule has 0 aromatic rings. The monoisotopic (exact) mass is 385 g/mol. The van der Waals surface area contributed by atoms with Crippen LogP contribution in [0.3, 0.4) is 0 Å². The molecule has 1 heterocycles. The Morgan fingerprint density at radius 1 is 1.00 bits per heavy atom. The molecule has 0 radical (unpaired) electrons. The van der Waals surface area contributed by atoms with Crippen molar-refractivity contribution in [3.05, 3.63) is 0 Å². The predicted octanol–water partition coefficient (Wildman–Crippen LogP) is 3.77. The van der Waals surface area contributed by atoms with Crippen LogP contribution in [0.15, 0.2) is 0 Å². The molecule has 1 aliphatic heterocycles. The largest absolute Gasteiger partial charge is 0.378 e. The minimum atomic E-state index is 0.106. The van der Waals surface area contributed by atoms with Crippen LogP contribution in [-0.4, -0.2) is 72.7 Å². The Balaban J connectivity index is 0.00000326. The lowest BCUT2D eigenvalue weighted by Crippen LogP contribution is -2.57. The number of nitrogens with one attached hydrogen (secondary N) is 1. The minimum absolute atomic E-state index is 0.106. The van der Waals surface area contributed by atoms with Crippen LogP contribution >= 0.6 is 0 Å². The van der Waals surface area contributed by atoms with Crippen molar-refractivity contribution in [2.75, 3.05) is 39.3 Å². The van der Waals surface area contributed by atoms with Crippen LogP contribution in [0.5, 0.6) is 0 Å². The molecule has 5 heteroatoms. The SMILES string of the molecule is CC.CC(C)NCC(=O)N1CCN(C(C)(C)CC(C)(C)COC(C)C)CC1. The highest BCUT2D eigenvalue weighted by Crippen LogP contribution is 2.33. The van der Waals surface area contributed by atoms with Crippen LogP contribution in [0.4, 0.5) is 0 Å². The lowest BCUT2D eigenvalue weighted by molar-refractivity contribution is -0.133. The fourth-order valence-electron chi connectivity index (χ4n) is 3.69. The maximum Gasteiger partial charge on any atom is 0.236 e. The number of amides is 1. The molecule has 0 bridgehead atoms. The summed E-state index contributed by atoms with van der Waals surface area (Å²) < 4.78 is 5.86. The van der Waals surface area contributed by atoms with Crippen molar-refractivity contribution >= 4 is 5.91 Å². The summed E-state index contributed by atoms with van der Waals surface area (Å²) in [6.45, 7) is 26.3. The molecule has 1 aliphatic rings. The molecule has 27 heavy (non-hydrogen) atoms. The normalized spacial score (nSPS) is 16.5. The number of rotatable bonds is 9. The van der Waals surface area contributed by atoms with Gasteiger partial charge in [0, 0.05) is 37.8 Å². The van der Waals surface area contributed by atoms with Crippen LogP contribution < -0.4 is 5.32 Å². The molecule has 1 fully saturated rings. The second-order valence-corrected chi connectivity index (χ2v) is 9.42. The summed E-state index contributed by atoms with van der Waals surface area (Å²) >= 11 is 0. The van der Waals surface area contributed by atoms with Gasteiger partial charge in [0.15, 0.2) is 0 Å². The second-order valence-electron chi connectivity index (χ2n) is 9.42. The summed E-state index contributed by atoms with van der Waals surface area (Å²) in [4.78, 5) is 16.8. The Bertz CT molecular complexity index is 412.